The monoisotopic (exact) mass is 123 g/mol. The normalized spacial score (nSPS) is 9.00. The van der Waals surface area contributed by atoms with Crippen LogP contribution in [0.1, 0.15) is 0 Å². The third kappa shape index (κ3) is 1.35. The van der Waals surface area contributed by atoms with Gasteiger partial charge in [0.05, 0.1) is 13.2 Å². The van der Waals surface area contributed by atoms with E-state index in [2.05, 4.69) is 6.07 Å². The molecule has 0 aliphatic heterocycles. The Morgan fingerprint density at radius 1 is 1.56 bits per heavy atom. The van der Waals surface area contributed by atoms with E-state index in [9.17, 15) is 0 Å². The lowest BCUT2D eigenvalue weighted by Crippen LogP contribution is -1.80. The lowest BCUT2D eigenvalue weighted by Gasteiger charge is -1.96. The maximum atomic E-state index is 8.81. The zero-order valence-corrected chi connectivity index (χ0v) is 5.09. The molecule has 47 valence electrons. The minimum absolute atomic E-state index is 0.106. The van der Waals surface area contributed by atoms with E-state index in [0.29, 0.717) is 5.75 Å². The van der Waals surface area contributed by atoms with Crippen LogP contribution in [0, 0.1) is 6.07 Å². The molecule has 1 aromatic carbocycles. The average molecular weight is 123 g/mol. The fourth-order valence-corrected chi connectivity index (χ4v) is 0.555. The molecule has 9 heavy (non-hydrogen) atoms. The summed E-state index contributed by atoms with van der Waals surface area (Å²) in [7, 11) is 1.53. The molecule has 0 fully saturated rings. The largest absolute Gasteiger partial charge is 0.507 e. The molecule has 2 nitrogen and oxygen atoms in total. The maximum absolute atomic E-state index is 8.81. The van der Waals surface area contributed by atoms with E-state index >= 15 is 0 Å². The number of benzene rings is 1. The summed E-state index contributed by atoms with van der Waals surface area (Å²) in [4.78, 5) is 0. The molecular formula is C7H7O2. The highest BCUT2D eigenvalue weighted by Crippen LogP contribution is 2.15. The van der Waals surface area contributed by atoms with Gasteiger partial charge in [0, 0.05) is 0 Å². The minimum atomic E-state index is 0.106. The highest BCUT2D eigenvalue weighted by atomic mass is 16.5. The molecule has 0 atom stereocenters. The lowest BCUT2D eigenvalue weighted by molar-refractivity contribution is 0.406. The summed E-state index contributed by atoms with van der Waals surface area (Å²) in [6.45, 7) is 0. The van der Waals surface area contributed by atoms with Gasteiger partial charge in [0.15, 0.2) is 0 Å². The smallest absolute Gasteiger partial charge is 0.130 e. The Labute approximate surface area is 53.7 Å². The molecular weight excluding hydrogens is 116 g/mol. The predicted molar refractivity (Wildman–Crippen MR) is 33.5 cm³/mol. The lowest BCUT2D eigenvalue weighted by atomic mass is 10.3. The summed E-state index contributed by atoms with van der Waals surface area (Å²) in [6.07, 6.45) is 0. The highest BCUT2D eigenvalue weighted by Gasteiger charge is 1.90. The van der Waals surface area contributed by atoms with Crippen molar-refractivity contribution >= 4 is 0 Å². The van der Waals surface area contributed by atoms with Gasteiger partial charge in [-0.3, -0.25) is 0 Å². The predicted octanol–water partition coefficient (Wildman–Crippen LogP) is 1.20. The molecule has 0 unspecified atom stereocenters. The summed E-state index contributed by atoms with van der Waals surface area (Å²) in [5.74, 6) is 0.657. The Bertz CT molecular complexity index is 196. The first-order chi connectivity index (χ1) is 4.33. The molecule has 1 aromatic rings. The Morgan fingerprint density at radius 2 is 2.33 bits per heavy atom. The van der Waals surface area contributed by atoms with Crippen molar-refractivity contribution < 1.29 is 9.84 Å². The van der Waals surface area contributed by atoms with Gasteiger partial charge in [0.1, 0.15) is 11.5 Å². The van der Waals surface area contributed by atoms with Gasteiger partial charge in [-0.2, -0.15) is 0 Å². The third-order valence-electron chi connectivity index (χ3n) is 0.973. The fraction of sp³-hybridized carbons (Fsp3) is 0.143. The fourth-order valence-electron chi connectivity index (χ4n) is 0.555. The second kappa shape index (κ2) is 2.40. The van der Waals surface area contributed by atoms with Crippen molar-refractivity contribution in [3.05, 3.63) is 24.3 Å². The maximum Gasteiger partial charge on any atom is 0.130 e. The minimum Gasteiger partial charge on any atom is -0.507 e. The SMILES string of the molecule is COc1[c]c(O)ccc1. The van der Waals surface area contributed by atoms with Crippen molar-refractivity contribution in [1.82, 2.24) is 0 Å². The topological polar surface area (TPSA) is 29.5 Å². The summed E-state index contributed by atoms with van der Waals surface area (Å²) < 4.78 is 4.78. The van der Waals surface area contributed by atoms with Gasteiger partial charge in [-0.25, -0.2) is 0 Å². The van der Waals surface area contributed by atoms with Crippen molar-refractivity contribution in [3.8, 4) is 11.5 Å². The quantitative estimate of drug-likeness (QED) is 0.608. The van der Waals surface area contributed by atoms with E-state index < -0.39 is 0 Å². The summed E-state index contributed by atoms with van der Waals surface area (Å²) >= 11 is 0. The van der Waals surface area contributed by atoms with Gasteiger partial charge in [0.25, 0.3) is 0 Å². The van der Waals surface area contributed by atoms with E-state index in [1.54, 1.807) is 18.2 Å². The van der Waals surface area contributed by atoms with E-state index in [1.165, 1.54) is 7.11 Å². The highest BCUT2D eigenvalue weighted by molar-refractivity contribution is 5.29. The Balaban J connectivity index is 2.94. The molecule has 1 rings (SSSR count). The van der Waals surface area contributed by atoms with E-state index in [0.717, 1.165) is 0 Å². The third-order valence-corrected chi connectivity index (χ3v) is 0.973. The van der Waals surface area contributed by atoms with Gasteiger partial charge in [-0.15, -0.1) is 0 Å². The van der Waals surface area contributed by atoms with Crippen molar-refractivity contribution in [1.29, 1.82) is 0 Å². The van der Waals surface area contributed by atoms with Crippen LogP contribution >= 0.6 is 0 Å². The van der Waals surface area contributed by atoms with Crippen LogP contribution in [0.2, 0.25) is 0 Å². The zero-order chi connectivity index (χ0) is 6.69. The molecule has 0 saturated heterocycles. The average Bonchev–Trinajstić information content (AvgIpc) is 1.88. The van der Waals surface area contributed by atoms with E-state index in [4.69, 9.17) is 9.84 Å². The van der Waals surface area contributed by atoms with Crippen LogP contribution in [0.4, 0.5) is 0 Å². The van der Waals surface area contributed by atoms with Gasteiger partial charge in [-0.05, 0) is 12.1 Å². The van der Waals surface area contributed by atoms with Crippen molar-refractivity contribution in [2.24, 2.45) is 0 Å². The molecule has 0 aromatic heterocycles. The molecule has 1 radical (unpaired) electrons. The van der Waals surface area contributed by atoms with E-state index in [-0.39, 0.29) is 5.75 Å². The number of aromatic hydroxyl groups is 1. The van der Waals surface area contributed by atoms with Crippen molar-refractivity contribution in [2.75, 3.05) is 7.11 Å². The molecule has 0 spiro atoms. The molecule has 0 saturated carbocycles. The second-order valence-electron chi connectivity index (χ2n) is 1.60. The van der Waals surface area contributed by atoms with Gasteiger partial charge in [-0.1, -0.05) is 6.07 Å². The number of phenolic OH excluding ortho intramolecular Hbond substituents is 1. The first-order valence-corrected chi connectivity index (χ1v) is 2.58. The summed E-state index contributed by atoms with van der Waals surface area (Å²) in [5, 5.41) is 8.81. The van der Waals surface area contributed by atoms with Crippen LogP contribution in [0.5, 0.6) is 11.5 Å². The first kappa shape index (κ1) is 5.95. The molecule has 0 heterocycles. The summed E-state index contributed by atoms with van der Waals surface area (Å²) in [5.41, 5.74) is 0. The Kier molecular flexibility index (Phi) is 1.58. The number of phenols is 1. The molecule has 0 bridgehead atoms. The van der Waals surface area contributed by atoms with Crippen LogP contribution in [-0.2, 0) is 0 Å². The van der Waals surface area contributed by atoms with Crippen LogP contribution < -0.4 is 4.74 Å². The van der Waals surface area contributed by atoms with Gasteiger partial charge >= 0.3 is 0 Å². The number of hydrogen-bond acceptors (Lipinski definition) is 2. The number of hydrogen-bond donors (Lipinski definition) is 1. The van der Waals surface area contributed by atoms with E-state index in [1.807, 2.05) is 0 Å². The zero-order valence-electron chi connectivity index (χ0n) is 5.09. The number of methoxy groups -OCH3 is 1. The Hall–Kier alpha value is -1.18. The number of ether oxygens (including phenoxy) is 1. The molecule has 0 aliphatic carbocycles. The van der Waals surface area contributed by atoms with Crippen LogP contribution in [-0.4, -0.2) is 12.2 Å². The molecule has 2 heteroatoms. The summed E-state index contributed by atoms with van der Waals surface area (Å²) in [6, 6.07) is 7.56. The van der Waals surface area contributed by atoms with Gasteiger partial charge < -0.3 is 9.84 Å². The van der Waals surface area contributed by atoms with Crippen LogP contribution in [0.3, 0.4) is 0 Å². The van der Waals surface area contributed by atoms with Crippen molar-refractivity contribution in [3.63, 3.8) is 0 Å². The van der Waals surface area contributed by atoms with Crippen LogP contribution in [0.15, 0.2) is 18.2 Å². The van der Waals surface area contributed by atoms with Gasteiger partial charge in [0.2, 0.25) is 0 Å². The first-order valence-electron chi connectivity index (χ1n) is 2.58. The Morgan fingerprint density at radius 3 is 2.78 bits per heavy atom. The van der Waals surface area contributed by atoms with Crippen molar-refractivity contribution in [2.45, 2.75) is 0 Å². The molecule has 1 N–H and O–H groups in total. The second-order valence-corrected chi connectivity index (χ2v) is 1.60. The standard InChI is InChI=1S/C7H7O2/c1-9-7-4-2-3-6(8)5-7/h2-4,8H,1H3. The molecule has 0 aliphatic rings. The van der Waals surface area contributed by atoms with Crippen LogP contribution in [0.25, 0.3) is 0 Å². The molecule has 0 amide bonds. The number of rotatable bonds is 1.